The Morgan fingerprint density at radius 3 is 2.75 bits per heavy atom. The number of nitrogens with two attached hydrogens (primary N) is 1. The average molecular weight is 210 g/mol. The minimum atomic E-state index is 0.826. The molecule has 2 N–H and O–H groups in total. The Kier molecular flexibility index (Phi) is 2.07. The van der Waals surface area contributed by atoms with Gasteiger partial charge in [-0.15, -0.1) is 0 Å². The van der Waals surface area contributed by atoms with Crippen LogP contribution in [0.25, 0.3) is 5.57 Å². The molecule has 3 rings (SSSR count). The van der Waals surface area contributed by atoms with Crippen LogP contribution >= 0.6 is 0 Å². The fourth-order valence-electron chi connectivity index (χ4n) is 2.20. The number of anilines is 1. The van der Waals surface area contributed by atoms with Crippen LogP contribution in [-0.4, -0.2) is 4.57 Å². The van der Waals surface area contributed by atoms with E-state index in [1.54, 1.807) is 0 Å². The summed E-state index contributed by atoms with van der Waals surface area (Å²) in [4.78, 5) is 0. The van der Waals surface area contributed by atoms with E-state index >= 15 is 0 Å². The predicted molar refractivity (Wildman–Crippen MR) is 67.0 cm³/mol. The third-order valence-electron chi connectivity index (χ3n) is 3.07. The molecule has 0 amide bonds. The lowest BCUT2D eigenvalue weighted by molar-refractivity contribution is 0.846. The molecule has 2 heteroatoms. The molecule has 0 saturated heterocycles. The molecule has 0 radical (unpaired) electrons. The van der Waals surface area contributed by atoms with Crippen LogP contribution in [0.3, 0.4) is 0 Å². The standard InChI is InChI=1S/C14H14N2/c15-13-5-3-11(4-6-13)10-12-7-9-16-8-1-2-14(12)16/h1-8H,9-10,15H2. The summed E-state index contributed by atoms with van der Waals surface area (Å²) in [7, 11) is 0. The molecule has 1 aliphatic rings. The lowest BCUT2D eigenvalue weighted by Gasteiger charge is -2.04. The SMILES string of the molecule is Nc1ccc(CC2=CCn3cccc32)cc1. The van der Waals surface area contributed by atoms with Crippen molar-refractivity contribution in [1.82, 2.24) is 4.57 Å². The smallest absolute Gasteiger partial charge is 0.0442 e. The minimum Gasteiger partial charge on any atom is -0.399 e. The topological polar surface area (TPSA) is 30.9 Å². The molecule has 2 aromatic rings. The summed E-state index contributed by atoms with van der Waals surface area (Å²) >= 11 is 0. The molecule has 0 unspecified atom stereocenters. The molecule has 0 saturated carbocycles. The van der Waals surface area contributed by atoms with Crippen molar-refractivity contribution in [2.24, 2.45) is 0 Å². The number of benzene rings is 1. The first kappa shape index (κ1) is 9.28. The molecule has 0 bridgehead atoms. The summed E-state index contributed by atoms with van der Waals surface area (Å²) in [5.74, 6) is 0. The molecule has 0 fully saturated rings. The first-order chi connectivity index (χ1) is 7.83. The maximum Gasteiger partial charge on any atom is 0.0442 e. The summed E-state index contributed by atoms with van der Waals surface area (Å²) in [6.07, 6.45) is 5.41. The largest absolute Gasteiger partial charge is 0.399 e. The molecule has 80 valence electrons. The van der Waals surface area contributed by atoms with Gasteiger partial charge in [0.15, 0.2) is 0 Å². The van der Waals surface area contributed by atoms with Gasteiger partial charge >= 0.3 is 0 Å². The van der Waals surface area contributed by atoms with E-state index in [0.29, 0.717) is 0 Å². The van der Waals surface area contributed by atoms with Crippen molar-refractivity contribution in [3.8, 4) is 0 Å². The van der Waals surface area contributed by atoms with Gasteiger partial charge < -0.3 is 10.3 Å². The Morgan fingerprint density at radius 2 is 1.94 bits per heavy atom. The Labute approximate surface area is 95.0 Å². The van der Waals surface area contributed by atoms with Gasteiger partial charge in [-0.1, -0.05) is 18.2 Å². The highest BCUT2D eigenvalue weighted by atomic mass is 15.0. The normalized spacial score (nSPS) is 13.6. The number of allylic oxidation sites excluding steroid dienone is 2. The number of nitrogens with zero attached hydrogens (tertiary/aromatic N) is 1. The van der Waals surface area contributed by atoms with Gasteiger partial charge in [-0.3, -0.25) is 0 Å². The highest BCUT2D eigenvalue weighted by Gasteiger charge is 2.12. The predicted octanol–water partition coefficient (Wildman–Crippen LogP) is 2.71. The monoisotopic (exact) mass is 210 g/mol. The average Bonchev–Trinajstić information content (AvgIpc) is 2.86. The van der Waals surface area contributed by atoms with Crippen molar-refractivity contribution >= 4 is 11.3 Å². The van der Waals surface area contributed by atoms with E-state index < -0.39 is 0 Å². The van der Waals surface area contributed by atoms with Crippen LogP contribution in [0, 0.1) is 0 Å². The van der Waals surface area contributed by atoms with E-state index in [4.69, 9.17) is 5.73 Å². The van der Waals surface area contributed by atoms with E-state index in [-0.39, 0.29) is 0 Å². The zero-order valence-corrected chi connectivity index (χ0v) is 9.06. The van der Waals surface area contributed by atoms with Gasteiger partial charge in [0.2, 0.25) is 0 Å². The van der Waals surface area contributed by atoms with Crippen molar-refractivity contribution in [3.05, 3.63) is 59.9 Å². The minimum absolute atomic E-state index is 0.826. The van der Waals surface area contributed by atoms with E-state index in [2.05, 4.69) is 41.1 Å². The van der Waals surface area contributed by atoms with Crippen LogP contribution in [0.4, 0.5) is 5.69 Å². The second-order valence-corrected chi connectivity index (χ2v) is 4.19. The van der Waals surface area contributed by atoms with E-state index in [9.17, 15) is 0 Å². The summed E-state index contributed by atoms with van der Waals surface area (Å²) in [5, 5.41) is 0. The first-order valence-corrected chi connectivity index (χ1v) is 5.52. The van der Waals surface area contributed by atoms with Crippen LogP contribution < -0.4 is 5.73 Å². The molecule has 1 aliphatic heterocycles. The Balaban J connectivity index is 1.84. The van der Waals surface area contributed by atoms with E-state index in [1.807, 2.05) is 12.1 Å². The molecule has 0 spiro atoms. The van der Waals surface area contributed by atoms with E-state index in [0.717, 1.165) is 18.7 Å². The van der Waals surface area contributed by atoms with Gasteiger partial charge in [-0.05, 0) is 41.8 Å². The summed E-state index contributed by atoms with van der Waals surface area (Å²) in [5.41, 5.74) is 10.6. The quantitative estimate of drug-likeness (QED) is 0.759. The number of rotatable bonds is 2. The maximum atomic E-state index is 5.68. The maximum absolute atomic E-state index is 5.68. The van der Waals surface area contributed by atoms with Gasteiger partial charge in [0, 0.05) is 24.1 Å². The zero-order chi connectivity index (χ0) is 11.0. The number of aromatic nitrogens is 1. The van der Waals surface area contributed by atoms with Crippen molar-refractivity contribution < 1.29 is 0 Å². The van der Waals surface area contributed by atoms with Crippen molar-refractivity contribution in [2.75, 3.05) is 5.73 Å². The summed E-state index contributed by atoms with van der Waals surface area (Å²) in [6, 6.07) is 12.4. The third-order valence-corrected chi connectivity index (χ3v) is 3.07. The molecule has 16 heavy (non-hydrogen) atoms. The molecular formula is C14H14N2. The van der Waals surface area contributed by atoms with Crippen LogP contribution in [0.1, 0.15) is 11.3 Å². The lowest BCUT2D eigenvalue weighted by Crippen LogP contribution is -1.92. The fourth-order valence-corrected chi connectivity index (χ4v) is 2.20. The van der Waals surface area contributed by atoms with Crippen LogP contribution in [0.15, 0.2) is 48.7 Å². The Hall–Kier alpha value is -1.96. The van der Waals surface area contributed by atoms with Crippen LogP contribution in [0.2, 0.25) is 0 Å². The van der Waals surface area contributed by atoms with Crippen molar-refractivity contribution in [2.45, 2.75) is 13.0 Å². The van der Waals surface area contributed by atoms with Crippen LogP contribution in [-0.2, 0) is 13.0 Å². The molecule has 1 aromatic heterocycles. The van der Waals surface area contributed by atoms with Gasteiger partial charge in [0.05, 0.1) is 0 Å². The Morgan fingerprint density at radius 1 is 1.12 bits per heavy atom. The molecule has 0 atom stereocenters. The van der Waals surface area contributed by atoms with Gasteiger partial charge in [-0.25, -0.2) is 0 Å². The molecule has 2 nitrogen and oxygen atoms in total. The fraction of sp³-hybridized carbons (Fsp3) is 0.143. The first-order valence-electron chi connectivity index (χ1n) is 5.52. The van der Waals surface area contributed by atoms with Gasteiger partial charge in [0.1, 0.15) is 0 Å². The molecule has 2 heterocycles. The van der Waals surface area contributed by atoms with Gasteiger partial charge in [0.25, 0.3) is 0 Å². The van der Waals surface area contributed by atoms with E-state index in [1.165, 1.54) is 16.8 Å². The molecular weight excluding hydrogens is 196 g/mol. The Bertz CT molecular complexity index is 532. The highest BCUT2D eigenvalue weighted by Crippen LogP contribution is 2.25. The lowest BCUT2D eigenvalue weighted by atomic mass is 10.0. The number of hydrogen-bond donors (Lipinski definition) is 1. The zero-order valence-electron chi connectivity index (χ0n) is 9.06. The second-order valence-electron chi connectivity index (χ2n) is 4.19. The second kappa shape index (κ2) is 3.56. The third kappa shape index (κ3) is 1.52. The van der Waals surface area contributed by atoms with Gasteiger partial charge in [-0.2, -0.15) is 0 Å². The number of fused-ring (bicyclic) bond motifs is 1. The highest BCUT2D eigenvalue weighted by molar-refractivity contribution is 5.68. The van der Waals surface area contributed by atoms with Crippen molar-refractivity contribution in [1.29, 1.82) is 0 Å². The number of hydrogen-bond acceptors (Lipinski definition) is 1. The molecule has 1 aromatic carbocycles. The van der Waals surface area contributed by atoms with Crippen molar-refractivity contribution in [3.63, 3.8) is 0 Å². The molecule has 0 aliphatic carbocycles. The van der Waals surface area contributed by atoms with Crippen LogP contribution in [0.5, 0.6) is 0 Å². The number of nitrogen functional groups attached to an aromatic ring is 1. The summed E-state index contributed by atoms with van der Waals surface area (Å²) < 4.78 is 2.27. The summed E-state index contributed by atoms with van der Waals surface area (Å²) in [6.45, 7) is 1.01.